The molecule has 0 spiro atoms. The van der Waals surface area contributed by atoms with E-state index in [2.05, 4.69) is 40.0 Å². The van der Waals surface area contributed by atoms with Gasteiger partial charge in [0.15, 0.2) is 5.96 Å². The van der Waals surface area contributed by atoms with Gasteiger partial charge in [-0.1, -0.05) is 25.3 Å². The highest BCUT2D eigenvalue weighted by atomic mass is 32.1. The Morgan fingerprint density at radius 2 is 2.14 bits per heavy atom. The second-order valence-electron chi connectivity index (χ2n) is 8.93. The van der Waals surface area contributed by atoms with Crippen LogP contribution in [0.5, 0.6) is 0 Å². The van der Waals surface area contributed by atoms with Gasteiger partial charge >= 0.3 is 0 Å². The largest absolute Gasteiger partial charge is 0.396 e. The van der Waals surface area contributed by atoms with E-state index in [9.17, 15) is 5.11 Å². The number of thiophene rings is 1. The minimum Gasteiger partial charge on any atom is -0.396 e. The van der Waals surface area contributed by atoms with Crippen LogP contribution < -0.4 is 10.6 Å². The third-order valence-electron chi connectivity index (χ3n) is 6.59. The summed E-state index contributed by atoms with van der Waals surface area (Å²) < 4.78 is 0. The van der Waals surface area contributed by atoms with Crippen LogP contribution in [0.3, 0.4) is 0 Å². The maximum atomic E-state index is 9.56. The van der Waals surface area contributed by atoms with Gasteiger partial charge in [0.05, 0.1) is 0 Å². The molecule has 2 heterocycles. The molecule has 1 saturated carbocycles. The number of aliphatic imine (C=N–C) groups is 1. The van der Waals surface area contributed by atoms with Crippen molar-refractivity contribution in [3.05, 3.63) is 22.4 Å². The molecule has 1 aliphatic carbocycles. The average molecular weight is 421 g/mol. The van der Waals surface area contributed by atoms with Crippen molar-refractivity contribution < 1.29 is 5.11 Å². The van der Waals surface area contributed by atoms with Crippen LogP contribution in [0.15, 0.2) is 22.5 Å². The fourth-order valence-corrected chi connectivity index (χ4v) is 5.69. The zero-order valence-electron chi connectivity index (χ0n) is 18.2. The molecule has 164 valence electrons. The molecular formula is C23H40N4OS. The summed E-state index contributed by atoms with van der Waals surface area (Å²) >= 11 is 1.86. The molecular weight excluding hydrogens is 380 g/mol. The summed E-state index contributed by atoms with van der Waals surface area (Å²) in [5, 5.41) is 18.8. The molecule has 5 nitrogen and oxygen atoms in total. The number of aliphatic hydroxyl groups excluding tert-OH is 1. The summed E-state index contributed by atoms with van der Waals surface area (Å²) in [5.41, 5.74) is 0.206. The topological polar surface area (TPSA) is 59.9 Å². The van der Waals surface area contributed by atoms with Gasteiger partial charge in [0.2, 0.25) is 0 Å². The first-order valence-electron chi connectivity index (χ1n) is 11.6. The Morgan fingerprint density at radius 3 is 2.86 bits per heavy atom. The minimum absolute atomic E-state index is 0.206. The molecule has 1 unspecified atom stereocenters. The third kappa shape index (κ3) is 7.26. The smallest absolute Gasteiger partial charge is 0.191 e. The van der Waals surface area contributed by atoms with Crippen molar-refractivity contribution in [1.82, 2.24) is 15.5 Å². The zero-order valence-corrected chi connectivity index (χ0v) is 19.0. The van der Waals surface area contributed by atoms with Gasteiger partial charge in [0.1, 0.15) is 0 Å². The van der Waals surface area contributed by atoms with Crippen LogP contribution in [0.2, 0.25) is 0 Å². The van der Waals surface area contributed by atoms with Gasteiger partial charge in [0, 0.05) is 44.2 Å². The number of likely N-dealkylation sites (tertiary alicyclic amines) is 1. The van der Waals surface area contributed by atoms with E-state index in [1.54, 1.807) is 0 Å². The molecule has 3 rings (SSSR count). The van der Waals surface area contributed by atoms with E-state index in [4.69, 9.17) is 4.99 Å². The van der Waals surface area contributed by atoms with Crippen LogP contribution in [-0.4, -0.2) is 55.3 Å². The Morgan fingerprint density at radius 1 is 1.28 bits per heavy atom. The highest BCUT2D eigenvalue weighted by molar-refractivity contribution is 7.09. The van der Waals surface area contributed by atoms with Crippen LogP contribution in [-0.2, 0) is 6.54 Å². The highest BCUT2D eigenvalue weighted by Crippen LogP contribution is 2.39. The van der Waals surface area contributed by atoms with Crippen LogP contribution in [0.4, 0.5) is 0 Å². The van der Waals surface area contributed by atoms with Gasteiger partial charge in [-0.25, -0.2) is 0 Å². The van der Waals surface area contributed by atoms with E-state index in [1.807, 2.05) is 11.3 Å². The summed E-state index contributed by atoms with van der Waals surface area (Å²) in [4.78, 5) is 9.03. The molecule has 0 amide bonds. The lowest BCUT2D eigenvalue weighted by Gasteiger charge is -2.36. The van der Waals surface area contributed by atoms with E-state index in [0.717, 1.165) is 38.6 Å². The fraction of sp³-hybridized carbons (Fsp3) is 0.783. The Kier molecular flexibility index (Phi) is 9.28. The molecule has 3 N–H and O–H groups in total. The molecule has 2 aliphatic rings. The second-order valence-corrected chi connectivity index (χ2v) is 9.97. The van der Waals surface area contributed by atoms with Gasteiger partial charge in [-0.05, 0) is 68.4 Å². The first kappa shape index (κ1) is 22.6. The van der Waals surface area contributed by atoms with E-state index in [1.165, 1.54) is 62.9 Å². The van der Waals surface area contributed by atoms with Crippen molar-refractivity contribution in [3.63, 3.8) is 0 Å². The summed E-state index contributed by atoms with van der Waals surface area (Å²) in [7, 11) is 0. The number of hydrogen-bond acceptors (Lipinski definition) is 4. The molecule has 0 bridgehead atoms. The standard InChI is InChI=1S/C23H40N4OS/c1-2-24-22(26-19-23(12-14-28)10-4-3-5-11-23)25-16-20-8-6-13-27(17-20)18-21-9-7-15-29-21/h7,9,15,20,28H,2-6,8,10-14,16-19H2,1H3,(H2,24,25,26). The molecule has 2 fully saturated rings. The Hall–Kier alpha value is -1.11. The monoisotopic (exact) mass is 420 g/mol. The quantitative estimate of drug-likeness (QED) is 0.419. The fourth-order valence-electron chi connectivity index (χ4n) is 4.94. The number of hydrogen-bond donors (Lipinski definition) is 3. The number of rotatable bonds is 9. The first-order valence-corrected chi connectivity index (χ1v) is 12.5. The number of nitrogens with one attached hydrogen (secondary N) is 2. The lowest BCUT2D eigenvalue weighted by molar-refractivity contribution is 0.137. The van der Waals surface area contributed by atoms with Gasteiger partial charge < -0.3 is 15.7 Å². The predicted molar refractivity (Wildman–Crippen MR) is 124 cm³/mol. The normalized spacial score (nSPS) is 23.1. The number of piperidine rings is 1. The van der Waals surface area contributed by atoms with Crippen molar-refractivity contribution in [2.24, 2.45) is 16.3 Å². The van der Waals surface area contributed by atoms with Gasteiger partial charge in [-0.3, -0.25) is 9.89 Å². The van der Waals surface area contributed by atoms with E-state index in [-0.39, 0.29) is 12.0 Å². The molecule has 0 radical (unpaired) electrons. The summed E-state index contributed by atoms with van der Waals surface area (Å²) in [5.74, 6) is 1.62. The van der Waals surface area contributed by atoms with Crippen molar-refractivity contribution in [1.29, 1.82) is 0 Å². The summed E-state index contributed by atoms with van der Waals surface area (Å²) in [6.07, 6.45) is 9.76. The summed E-state index contributed by atoms with van der Waals surface area (Å²) in [6, 6.07) is 4.40. The highest BCUT2D eigenvalue weighted by Gasteiger charge is 2.31. The van der Waals surface area contributed by atoms with E-state index in [0.29, 0.717) is 5.92 Å². The molecule has 29 heavy (non-hydrogen) atoms. The SMILES string of the molecule is CCNC(=NCC1(CCO)CCCCC1)NCC1CCCN(Cc2cccs2)C1. The van der Waals surface area contributed by atoms with Crippen molar-refractivity contribution in [2.75, 3.05) is 39.3 Å². The first-order chi connectivity index (χ1) is 14.2. The average Bonchev–Trinajstić information content (AvgIpc) is 3.24. The lowest BCUT2D eigenvalue weighted by atomic mass is 9.72. The molecule has 1 aromatic heterocycles. The van der Waals surface area contributed by atoms with Crippen LogP contribution >= 0.6 is 11.3 Å². The molecule has 1 aliphatic heterocycles. The molecule has 1 aromatic rings. The van der Waals surface area contributed by atoms with Crippen molar-refractivity contribution in [2.45, 2.75) is 64.8 Å². The maximum absolute atomic E-state index is 9.56. The van der Waals surface area contributed by atoms with Crippen molar-refractivity contribution >= 4 is 17.3 Å². The number of guanidine groups is 1. The second kappa shape index (κ2) is 11.9. The van der Waals surface area contributed by atoms with Crippen LogP contribution in [0, 0.1) is 11.3 Å². The van der Waals surface area contributed by atoms with Gasteiger partial charge in [0.25, 0.3) is 0 Å². The molecule has 6 heteroatoms. The maximum Gasteiger partial charge on any atom is 0.191 e. The van der Waals surface area contributed by atoms with Gasteiger partial charge in [-0.2, -0.15) is 0 Å². The number of nitrogens with zero attached hydrogens (tertiary/aromatic N) is 2. The number of aliphatic hydroxyl groups is 1. The Labute approximate surface area is 181 Å². The Bertz CT molecular complexity index is 593. The lowest BCUT2D eigenvalue weighted by Crippen LogP contribution is -2.44. The van der Waals surface area contributed by atoms with E-state index < -0.39 is 0 Å². The minimum atomic E-state index is 0.206. The summed E-state index contributed by atoms with van der Waals surface area (Å²) in [6.45, 7) is 8.58. The zero-order chi connectivity index (χ0) is 20.4. The van der Waals surface area contributed by atoms with Crippen LogP contribution in [0.25, 0.3) is 0 Å². The molecule has 1 atom stereocenters. The molecule has 1 saturated heterocycles. The predicted octanol–water partition coefficient (Wildman–Crippen LogP) is 3.85. The Balaban J connectivity index is 1.50. The third-order valence-corrected chi connectivity index (χ3v) is 7.46. The van der Waals surface area contributed by atoms with Gasteiger partial charge in [-0.15, -0.1) is 11.3 Å². The van der Waals surface area contributed by atoms with Crippen molar-refractivity contribution in [3.8, 4) is 0 Å². The van der Waals surface area contributed by atoms with Crippen LogP contribution in [0.1, 0.15) is 63.2 Å². The molecule has 0 aromatic carbocycles. The van der Waals surface area contributed by atoms with E-state index >= 15 is 0 Å².